The summed E-state index contributed by atoms with van der Waals surface area (Å²) in [6, 6.07) is 24.0. The number of aromatic amines is 1. The van der Waals surface area contributed by atoms with E-state index >= 15 is 0 Å². The van der Waals surface area contributed by atoms with Crippen LogP contribution in [-0.2, 0) is 6.54 Å². The lowest BCUT2D eigenvalue weighted by Gasteiger charge is -2.05. The first kappa shape index (κ1) is 19.1. The Labute approximate surface area is 189 Å². The van der Waals surface area contributed by atoms with E-state index in [-0.39, 0.29) is 0 Å². The van der Waals surface area contributed by atoms with Crippen LogP contribution in [0, 0.1) is 6.92 Å². The molecule has 160 valence electrons. The molecule has 0 aliphatic carbocycles. The number of fused-ring (bicyclic) bond motifs is 1. The van der Waals surface area contributed by atoms with Gasteiger partial charge >= 0.3 is 0 Å². The molecular weight excluding hydrogens is 414 g/mol. The Morgan fingerprint density at radius 2 is 1.70 bits per heavy atom. The molecule has 0 spiro atoms. The standard InChI is InChI=1S/C25H19N7O/c1-16-27-23(30-29-16)18-9-11-19(12-10-18)25-28-24(31-33-25)20-6-4-5-17(13-20)14-32-15-26-21-7-2-3-8-22(21)32/h2-13,15H,14H2,1H3,(H,27,29,30). The Morgan fingerprint density at radius 1 is 0.848 bits per heavy atom. The maximum Gasteiger partial charge on any atom is 0.258 e. The Morgan fingerprint density at radius 3 is 2.55 bits per heavy atom. The maximum atomic E-state index is 5.54. The minimum Gasteiger partial charge on any atom is -0.334 e. The molecule has 0 amide bonds. The molecule has 0 saturated carbocycles. The summed E-state index contributed by atoms with van der Waals surface area (Å²) in [6.07, 6.45) is 1.87. The first-order valence-corrected chi connectivity index (χ1v) is 10.6. The van der Waals surface area contributed by atoms with Crippen LogP contribution < -0.4 is 0 Å². The molecule has 1 N–H and O–H groups in total. The van der Waals surface area contributed by atoms with Crippen LogP contribution in [0.25, 0.3) is 45.3 Å². The normalized spacial score (nSPS) is 11.3. The second-order valence-corrected chi connectivity index (χ2v) is 7.81. The zero-order valence-electron chi connectivity index (χ0n) is 17.8. The maximum absolute atomic E-state index is 5.54. The van der Waals surface area contributed by atoms with Crippen molar-refractivity contribution in [3.8, 4) is 34.2 Å². The average Bonchev–Trinajstić information content (AvgIpc) is 3.60. The highest BCUT2D eigenvalue weighted by molar-refractivity contribution is 5.75. The Balaban J connectivity index is 1.24. The second kappa shape index (κ2) is 7.83. The number of H-pyrrole nitrogens is 1. The van der Waals surface area contributed by atoms with Crippen LogP contribution in [0.1, 0.15) is 11.4 Å². The third kappa shape index (κ3) is 3.67. The van der Waals surface area contributed by atoms with E-state index in [0.29, 0.717) is 24.1 Å². The third-order valence-electron chi connectivity index (χ3n) is 5.48. The lowest BCUT2D eigenvalue weighted by atomic mass is 10.1. The summed E-state index contributed by atoms with van der Waals surface area (Å²) in [6.45, 7) is 2.58. The fourth-order valence-electron chi connectivity index (χ4n) is 3.83. The van der Waals surface area contributed by atoms with Crippen molar-refractivity contribution < 1.29 is 4.52 Å². The minimum atomic E-state index is 0.466. The number of rotatable bonds is 5. The van der Waals surface area contributed by atoms with Crippen molar-refractivity contribution in [2.75, 3.05) is 0 Å². The summed E-state index contributed by atoms with van der Waals surface area (Å²) < 4.78 is 7.68. The Kier molecular flexibility index (Phi) is 4.54. The van der Waals surface area contributed by atoms with Crippen molar-refractivity contribution in [1.29, 1.82) is 0 Å². The molecule has 6 aromatic rings. The molecule has 6 rings (SSSR count). The second-order valence-electron chi connectivity index (χ2n) is 7.81. The molecule has 3 heterocycles. The van der Waals surface area contributed by atoms with Crippen LogP contribution in [0.4, 0.5) is 0 Å². The van der Waals surface area contributed by atoms with E-state index in [1.54, 1.807) is 0 Å². The number of benzene rings is 3. The zero-order valence-corrected chi connectivity index (χ0v) is 17.8. The number of imidazole rings is 1. The molecule has 33 heavy (non-hydrogen) atoms. The molecule has 0 unspecified atom stereocenters. The number of nitrogens with one attached hydrogen (secondary N) is 1. The summed E-state index contributed by atoms with van der Waals surface area (Å²) in [4.78, 5) is 13.4. The quantitative estimate of drug-likeness (QED) is 0.415. The molecule has 3 aromatic heterocycles. The van der Waals surface area contributed by atoms with Gasteiger partial charge in [-0.15, -0.1) is 0 Å². The smallest absolute Gasteiger partial charge is 0.258 e. The van der Waals surface area contributed by atoms with Crippen LogP contribution >= 0.6 is 0 Å². The van der Waals surface area contributed by atoms with E-state index in [1.807, 2.05) is 67.8 Å². The lowest BCUT2D eigenvalue weighted by Crippen LogP contribution is -1.98. The van der Waals surface area contributed by atoms with E-state index in [2.05, 4.69) is 53.1 Å². The molecule has 8 nitrogen and oxygen atoms in total. The summed E-state index contributed by atoms with van der Waals surface area (Å²) in [7, 11) is 0. The fraction of sp³-hybridized carbons (Fsp3) is 0.0800. The molecular formula is C25H19N7O. The molecule has 0 saturated heterocycles. The summed E-state index contributed by atoms with van der Waals surface area (Å²) in [5.41, 5.74) is 5.88. The summed E-state index contributed by atoms with van der Waals surface area (Å²) >= 11 is 0. The first-order valence-electron chi connectivity index (χ1n) is 10.6. The van der Waals surface area contributed by atoms with Crippen LogP contribution in [-0.4, -0.2) is 34.9 Å². The SMILES string of the molecule is Cc1nc(-c2ccc(-c3nc(-c4cccc(Cn5cnc6ccccc65)c4)no3)cc2)n[nH]1. The minimum absolute atomic E-state index is 0.466. The third-order valence-corrected chi connectivity index (χ3v) is 5.48. The first-order chi connectivity index (χ1) is 16.2. The van der Waals surface area contributed by atoms with Gasteiger partial charge in [-0.05, 0) is 42.8 Å². The van der Waals surface area contributed by atoms with Crippen molar-refractivity contribution in [2.24, 2.45) is 0 Å². The van der Waals surface area contributed by atoms with Gasteiger partial charge in [0.25, 0.3) is 5.89 Å². The van der Waals surface area contributed by atoms with E-state index in [4.69, 9.17) is 4.52 Å². The predicted octanol–water partition coefficient (Wildman–Crippen LogP) is 4.90. The fourth-order valence-corrected chi connectivity index (χ4v) is 3.83. The number of aryl methyl sites for hydroxylation is 1. The van der Waals surface area contributed by atoms with Crippen molar-refractivity contribution in [1.82, 2.24) is 34.9 Å². The number of aromatic nitrogens is 7. The van der Waals surface area contributed by atoms with Crippen LogP contribution in [0.15, 0.2) is 83.6 Å². The highest BCUT2D eigenvalue weighted by atomic mass is 16.5. The van der Waals surface area contributed by atoms with Gasteiger partial charge in [-0.1, -0.05) is 47.6 Å². The highest BCUT2D eigenvalue weighted by Gasteiger charge is 2.12. The number of nitrogens with zero attached hydrogens (tertiary/aromatic N) is 6. The zero-order chi connectivity index (χ0) is 22.2. The molecule has 0 atom stereocenters. The molecule has 3 aromatic carbocycles. The molecule has 0 aliphatic heterocycles. The molecule has 0 fully saturated rings. The van der Waals surface area contributed by atoms with Crippen molar-refractivity contribution in [3.05, 3.63) is 90.5 Å². The van der Waals surface area contributed by atoms with E-state index in [1.165, 1.54) is 0 Å². The lowest BCUT2D eigenvalue weighted by molar-refractivity contribution is 0.432. The van der Waals surface area contributed by atoms with Crippen molar-refractivity contribution in [3.63, 3.8) is 0 Å². The Hall–Kier alpha value is -4.59. The molecule has 0 radical (unpaired) electrons. The Bertz CT molecular complexity index is 1560. The van der Waals surface area contributed by atoms with Gasteiger partial charge in [0, 0.05) is 23.2 Å². The van der Waals surface area contributed by atoms with Gasteiger partial charge in [0.1, 0.15) is 5.82 Å². The van der Waals surface area contributed by atoms with E-state index in [0.717, 1.165) is 39.1 Å². The molecule has 0 aliphatic rings. The van der Waals surface area contributed by atoms with Gasteiger partial charge < -0.3 is 9.09 Å². The highest BCUT2D eigenvalue weighted by Crippen LogP contribution is 2.25. The van der Waals surface area contributed by atoms with Crippen molar-refractivity contribution in [2.45, 2.75) is 13.5 Å². The molecule has 0 bridgehead atoms. The average molecular weight is 433 g/mol. The van der Waals surface area contributed by atoms with E-state index < -0.39 is 0 Å². The van der Waals surface area contributed by atoms with Gasteiger partial charge in [-0.2, -0.15) is 10.1 Å². The van der Waals surface area contributed by atoms with Crippen LogP contribution in [0.5, 0.6) is 0 Å². The van der Waals surface area contributed by atoms with E-state index in [9.17, 15) is 0 Å². The largest absolute Gasteiger partial charge is 0.334 e. The van der Waals surface area contributed by atoms with Gasteiger partial charge in [0.2, 0.25) is 5.82 Å². The van der Waals surface area contributed by atoms with Gasteiger partial charge in [0.15, 0.2) is 5.82 Å². The van der Waals surface area contributed by atoms with Crippen molar-refractivity contribution >= 4 is 11.0 Å². The topological polar surface area (TPSA) is 98.3 Å². The summed E-state index contributed by atoms with van der Waals surface area (Å²) in [5, 5.41) is 11.2. The monoisotopic (exact) mass is 433 g/mol. The van der Waals surface area contributed by atoms with Gasteiger partial charge in [0.05, 0.1) is 17.4 Å². The number of hydrogen-bond donors (Lipinski definition) is 1. The van der Waals surface area contributed by atoms with Crippen LogP contribution in [0.2, 0.25) is 0 Å². The van der Waals surface area contributed by atoms with Gasteiger partial charge in [-0.25, -0.2) is 9.97 Å². The molecule has 8 heteroatoms. The predicted molar refractivity (Wildman–Crippen MR) is 124 cm³/mol. The summed E-state index contributed by atoms with van der Waals surface area (Å²) in [5.74, 6) is 2.46. The van der Waals surface area contributed by atoms with Gasteiger partial charge in [-0.3, -0.25) is 5.10 Å². The van der Waals surface area contributed by atoms with Crippen LogP contribution in [0.3, 0.4) is 0 Å². The number of hydrogen-bond acceptors (Lipinski definition) is 6. The number of para-hydroxylation sites is 2.